The van der Waals surface area contributed by atoms with Crippen molar-refractivity contribution < 1.29 is 14.3 Å². The van der Waals surface area contributed by atoms with Crippen molar-refractivity contribution in [3.63, 3.8) is 0 Å². The number of primary amides is 1. The Kier molecular flexibility index (Phi) is 7.90. The van der Waals surface area contributed by atoms with E-state index in [9.17, 15) is 9.59 Å². The Labute approximate surface area is 181 Å². The monoisotopic (exact) mass is 430 g/mol. The van der Waals surface area contributed by atoms with Crippen LogP contribution in [0.3, 0.4) is 0 Å². The van der Waals surface area contributed by atoms with Crippen LogP contribution in [0.25, 0.3) is 0 Å². The molecule has 160 valence electrons. The number of anilines is 1. The van der Waals surface area contributed by atoms with Gasteiger partial charge in [0.1, 0.15) is 12.4 Å². The van der Waals surface area contributed by atoms with Gasteiger partial charge in [0, 0.05) is 54.2 Å². The highest BCUT2D eigenvalue weighted by Crippen LogP contribution is 2.27. The molecule has 1 heterocycles. The van der Waals surface area contributed by atoms with Crippen molar-refractivity contribution in [2.75, 3.05) is 25.0 Å². The summed E-state index contributed by atoms with van der Waals surface area (Å²) in [5, 5.41) is 3.66. The standard InChI is InChI=1S/C22H27ClN4O3/c23-17-13-16(22(29)27(11-7-21(24)28)19-3-1-2-4-19)14-20(15-17)30-12-10-26-18-5-8-25-9-6-18/h5-6,8-9,13-15,19H,1-4,7,10-12H2,(H2,24,28)(H,25,26). The lowest BCUT2D eigenvalue weighted by Gasteiger charge is -2.29. The molecule has 7 nitrogen and oxygen atoms in total. The lowest BCUT2D eigenvalue weighted by atomic mass is 10.1. The first-order chi connectivity index (χ1) is 14.5. The Balaban J connectivity index is 1.64. The number of aromatic nitrogens is 1. The molecule has 1 aromatic carbocycles. The van der Waals surface area contributed by atoms with Crippen LogP contribution in [-0.4, -0.2) is 47.4 Å². The van der Waals surface area contributed by atoms with Crippen LogP contribution in [0, 0.1) is 0 Å². The van der Waals surface area contributed by atoms with Gasteiger partial charge in [-0.2, -0.15) is 0 Å². The molecule has 0 unspecified atom stereocenters. The molecule has 0 radical (unpaired) electrons. The Morgan fingerprint density at radius 3 is 2.63 bits per heavy atom. The molecule has 1 saturated carbocycles. The van der Waals surface area contributed by atoms with Crippen molar-refractivity contribution in [2.24, 2.45) is 5.73 Å². The lowest BCUT2D eigenvalue weighted by molar-refractivity contribution is -0.118. The molecule has 1 aliphatic carbocycles. The van der Waals surface area contributed by atoms with Gasteiger partial charge in [0.2, 0.25) is 5.91 Å². The van der Waals surface area contributed by atoms with E-state index in [1.165, 1.54) is 0 Å². The van der Waals surface area contributed by atoms with Crippen LogP contribution < -0.4 is 15.8 Å². The summed E-state index contributed by atoms with van der Waals surface area (Å²) in [5.74, 6) is -0.0309. The number of ether oxygens (including phenoxy) is 1. The van der Waals surface area contributed by atoms with Crippen LogP contribution in [0.5, 0.6) is 5.75 Å². The summed E-state index contributed by atoms with van der Waals surface area (Å²) in [6.07, 6.45) is 7.62. The number of benzene rings is 1. The summed E-state index contributed by atoms with van der Waals surface area (Å²) >= 11 is 6.25. The smallest absolute Gasteiger partial charge is 0.254 e. The second-order valence-corrected chi connectivity index (χ2v) is 7.78. The van der Waals surface area contributed by atoms with E-state index in [0.29, 0.717) is 36.0 Å². The van der Waals surface area contributed by atoms with Crippen LogP contribution in [0.1, 0.15) is 42.5 Å². The molecule has 0 saturated heterocycles. The highest BCUT2D eigenvalue weighted by atomic mass is 35.5. The summed E-state index contributed by atoms with van der Waals surface area (Å²) < 4.78 is 5.80. The van der Waals surface area contributed by atoms with Gasteiger partial charge in [0.15, 0.2) is 0 Å². The number of halogens is 1. The van der Waals surface area contributed by atoms with Gasteiger partial charge in [-0.25, -0.2) is 0 Å². The van der Waals surface area contributed by atoms with Crippen LogP contribution >= 0.6 is 11.6 Å². The fourth-order valence-electron chi connectivity index (χ4n) is 3.67. The predicted octanol–water partition coefficient (Wildman–Crippen LogP) is 3.49. The second-order valence-electron chi connectivity index (χ2n) is 7.34. The minimum atomic E-state index is -0.414. The zero-order valence-corrected chi connectivity index (χ0v) is 17.6. The number of pyridine rings is 1. The molecular weight excluding hydrogens is 404 g/mol. The zero-order chi connectivity index (χ0) is 21.3. The van der Waals surface area contributed by atoms with E-state index in [1.807, 2.05) is 12.1 Å². The van der Waals surface area contributed by atoms with E-state index in [-0.39, 0.29) is 18.4 Å². The fourth-order valence-corrected chi connectivity index (χ4v) is 3.89. The normalized spacial score (nSPS) is 13.8. The molecule has 8 heteroatoms. The summed E-state index contributed by atoms with van der Waals surface area (Å²) in [6, 6.07) is 8.91. The van der Waals surface area contributed by atoms with Gasteiger partial charge < -0.3 is 20.7 Å². The molecule has 0 aliphatic heterocycles. The third kappa shape index (κ3) is 6.35. The number of nitrogens with two attached hydrogens (primary N) is 1. The summed E-state index contributed by atoms with van der Waals surface area (Å²) in [6.45, 7) is 1.31. The third-order valence-corrected chi connectivity index (χ3v) is 5.34. The lowest BCUT2D eigenvalue weighted by Crippen LogP contribution is -2.40. The van der Waals surface area contributed by atoms with E-state index >= 15 is 0 Å². The average molecular weight is 431 g/mol. The molecule has 3 rings (SSSR count). The minimum Gasteiger partial charge on any atom is -0.492 e. The van der Waals surface area contributed by atoms with Gasteiger partial charge >= 0.3 is 0 Å². The maximum atomic E-state index is 13.2. The minimum absolute atomic E-state index is 0.129. The van der Waals surface area contributed by atoms with E-state index < -0.39 is 5.91 Å². The molecule has 0 atom stereocenters. The van der Waals surface area contributed by atoms with Crippen LogP contribution in [0.15, 0.2) is 42.7 Å². The Hall–Kier alpha value is -2.80. The van der Waals surface area contributed by atoms with Crippen LogP contribution in [0.2, 0.25) is 5.02 Å². The number of nitrogens with one attached hydrogen (secondary N) is 1. The van der Waals surface area contributed by atoms with Crippen molar-refractivity contribution in [1.82, 2.24) is 9.88 Å². The summed E-state index contributed by atoms with van der Waals surface area (Å²) in [4.78, 5) is 30.2. The highest BCUT2D eigenvalue weighted by molar-refractivity contribution is 6.31. The number of carbonyl (C=O) groups excluding carboxylic acids is 2. The quantitative estimate of drug-likeness (QED) is 0.562. The number of nitrogens with zero attached hydrogens (tertiary/aromatic N) is 2. The third-order valence-electron chi connectivity index (χ3n) is 5.12. The molecular formula is C22H27ClN4O3. The van der Waals surface area contributed by atoms with Crippen molar-refractivity contribution in [3.8, 4) is 5.75 Å². The van der Waals surface area contributed by atoms with Crippen LogP contribution in [-0.2, 0) is 4.79 Å². The zero-order valence-electron chi connectivity index (χ0n) is 16.9. The molecule has 1 fully saturated rings. The van der Waals surface area contributed by atoms with E-state index in [4.69, 9.17) is 22.1 Å². The second kappa shape index (κ2) is 10.8. The molecule has 1 aliphatic rings. The van der Waals surface area contributed by atoms with Gasteiger partial charge in [-0.3, -0.25) is 14.6 Å². The summed E-state index contributed by atoms with van der Waals surface area (Å²) in [7, 11) is 0. The number of rotatable bonds is 10. The highest BCUT2D eigenvalue weighted by Gasteiger charge is 2.28. The van der Waals surface area contributed by atoms with Gasteiger partial charge in [-0.1, -0.05) is 24.4 Å². The van der Waals surface area contributed by atoms with Gasteiger partial charge in [-0.15, -0.1) is 0 Å². The van der Waals surface area contributed by atoms with E-state index in [0.717, 1.165) is 31.4 Å². The average Bonchev–Trinajstić information content (AvgIpc) is 3.26. The molecule has 30 heavy (non-hydrogen) atoms. The largest absolute Gasteiger partial charge is 0.492 e. The summed E-state index contributed by atoms with van der Waals surface area (Å²) in [5.41, 5.74) is 6.72. The molecule has 2 aromatic rings. The van der Waals surface area contributed by atoms with Crippen LogP contribution in [0.4, 0.5) is 5.69 Å². The Morgan fingerprint density at radius 1 is 1.20 bits per heavy atom. The van der Waals surface area contributed by atoms with Gasteiger partial charge in [-0.05, 0) is 43.2 Å². The SMILES string of the molecule is NC(=O)CCN(C(=O)c1cc(Cl)cc(OCCNc2ccncc2)c1)C1CCCC1. The van der Waals surface area contributed by atoms with Gasteiger partial charge in [0.25, 0.3) is 5.91 Å². The first-order valence-corrected chi connectivity index (χ1v) is 10.6. The topological polar surface area (TPSA) is 97.6 Å². The van der Waals surface area contributed by atoms with Gasteiger partial charge in [0.05, 0.1) is 0 Å². The Bertz CT molecular complexity index is 857. The number of amides is 2. The molecule has 0 spiro atoms. The number of hydrogen-bond donors (Lipinski definition) is 2. The van der Waals surface area contributed by atoms with E-state index in [2.05, 4.69) is 10.3 Å². The predicted molar refractivity (Wildman–Crippen MR) is 117 cm³/mol. The molecule has 1 aromatic heterocycles. The Morgan fingerprint density at radius 2 is 1.93 bits per heavy atom. The molecule has 0 bridgehead atoms. The number of carbonyl (C=O) groups is 2. The van der Waals surface area contributed by atoms with E-state index in [1.54, 1.807) is 35.5 Å². The van der Waals surface area contributed by atoms with Crippen molar-refractivity contribution in [2.45, 2.75) is 38.1 Å². The fraction of sp³-hybridized carbons (Fsp3) is 0.409. The maximum absolute atomic E-state index is 13.2. The van der Waals surface area contributed by atoms with Crippen molar-refractivity contribution >= 4 is 29.1 Å². The molecule has 2 amide bonds. The van der Waals surface area contributed by atoms with Crippen molar-refractivity contribution in [1.29, 1.82) is 0 Å². The number of hydrogen-bond acceptors (Lipinski definition) is 5. The molecule has 3 N–H and O–H groups in total. The first-order valence-electron chi connectivity index (χ1n) is 10.2. The van der Waals surface area contributed by atoms with Crippen molar-refractivity contribution in [3.05, 3.63) is 53.3 Å². The maximum Gasteiger partial charge on any atom is 0.254 e. The first kappa shape index (κ1) is 21.9.